The first-order chi connectivity index (χ1) is 16.3. The number of nitrogens with zero attached hydrogens (tertiary/aromatic N) is 3. The number of amides is 3. The summed E-state index contributed by atoms with van der Waals surface area (Å²) < 4.78 is 32.8. The van der Waals surface area contributed by atoms with Crippen LogP contribution in [-0.4, -0.2) is 78.3 Å². The number of ether oxygens (including phenoxy) is 1. The van der Waals surface area contributed by atoms with Gasteiger partial charge in [-0.2, -0.15) is 0 Å². The van der Waals surface area contributed by atoms with E-state index >= 15 is 0 Å². The molecule has 0 saturated carbocycles. The highest BCUT2D eigenvalue weighted by atomic mass is 32.2. The summed E-state index contributed by atoms with van der Waals surface area (Å²) in [5.41, 5.74) is 0.322. The van der Waals surface area contributed by atoms with Crippen LogP contribution in [0.5, 0.6) is 0 Å². The molecular weight excluding hydrogens is 472 g/mol. The number of carbonyl (C=O) groups is 3. The highest BCUT2D eigenvalue weighted by Crippen LogP contribution is 2.25. The highest BCUT2D eigenvalue weighted by Gasteiger charge is 2.38. The van der Waals surface area contributed by atoms with Gasteiger partial charge >= 0.3 is 6.09 Å². The topological polar surface area (TPSA) is 116 Å². The number of piperidine rings is 1. The smallest absolute Gasteiger partial charge is 0.410 e. The predicted molar refractivity (Wildman–Crippen MR) is 129 cm³/mol. The van der Waals surface area contributed by atoms with Gasteiger partial charge in [-0.05, 0) is 52.7 Å². The van der Waals surface area contributed by atoms with E-state index in [-0.39, 0.29) is 29.4 Å². The van der Waals surface area contributed by atoms with Crippen LogP contribution in [0.4, 0.5) is 4.79 Å². The normalized spacial score (nSPS) is 19.3. The molecule has 0 radical (unpaired) electrons. The third kappa shape index (κ3) is 6.33. The minimum atomic E-state index is -4.03. The molecule has 10 nitrogen and oxygen atoms in total. The van der Waals surface area contributed by atoms with Crippen molar-refractivity contribution in [3.63, 3.8) is 0 Å². The van der Waals surface area contributed by atoms with Gasteiger partial charge in [0.1, 0.15) is 11.6 Å². The second-order valence-corrected chi connectivity index (χ2v) is 11.7. The van der Waals surface area contributed by atoms with Crippen molar-refractivity contribution in [2.75, 3.05) is 20.1 Å². The van der Waals surface area contributed by atoms with Gasteiger partial charge in [0, 0.05) is 38.6 Å². The zero-order chi connectivity index (χ0) is 26.0. The summed E-state index contributed by atoms with van der Waals surface area (Å²) in [5, 5.41) is 2.50. The minimum Gasteiger partial charge on any atom is -0.444 e. The molecule has 2 aliphatic heterocycles. The van der Waals surface area contributed by atoms with E-state index in [1.165, 1.54) is 24.5 Å². The van der Waals surface area contributed by atoms with Crippen LogP contribution in [0.2, 0.25) is 0 Å². The lowest BCUT2D eigenvalue weighted by atomic mass is 10.0. The van der Waals surface area contributed by atoms with Crippen LogP contribution in [0, 0.1) is 6.92 Å². The van der Waals surface area contributed by atoms with Crippen LogP contribution in [0.1, 0.15) is 45.6 Å². The van der Waals surface area contributed by atoms with Gasteiger partial charge in [-0.25, -0.2) is 13.2 Å². The Balaban J connectivity index is 1.66. The molecule has 0 unspecified atom stereocenters. The van der Waals surface area contributed by atoms with Crippen molar-refractivity contribution in [1.82, 2.24) is 19.4 Å². The fourth-order valence-electron chi connectivity index (χ4n) is 4.05. The number of nitrogens with one attached hydrogen (secondary N) is 1. The van der Waals surface area contributed by atoms with Gasteiger partial charge in [0.2, 0.25) is 11.8 Å². The summed E-state index contributed by atoms with van der Waals surface area (Å²) in [4.78, 5) is 41.2. The molecule has 0 aliphatic carbocycles. The van der Waals surface area contributed by atoms with Gasteiger partial charge < -0.3 is 19.9 Å². The van der Waals surface area contributed by atoms with Gasteiger partial charge in [0.25, 0.3) is 10.0 Å². The van der Waals surface area contributed by atoms with Crippen LogP contribution in [0.3, 0.4) is 0 Å². The van der Waals surface area contributed by atoms with Crippen molar-refractivity contribution in [2.24, 2.45) is 0 Å². The lowest BCUT2D eigenvalue weighted by Crippen LogP contribution is -2.53. The zero-order valence-electron chi connectivity index (χ0n) is 20.9. The number of hydrogen-bond acceptors (Lipinski definition) is 6. The van der Waals surface area contributed by atoms with Crippen LogP contribution < -0.4 is 5.32 Å². The molecule has 0 spiro atoms. The summed E-state index contributed by atoms with van der Waals surface area (Å²) in [6.07, 6.45) is 2.96. The molecule has 1 N–H and O–H groups in total. The second-order valence-electron chi connectivity index (χ2n) is 9.90. The Morgan fingerprint density at radius 1 is 1.14 bits per heavy atom. The van der Waals surface area contributed by atoms with Crippen molar-refractivity contribution >= 4 is 27.9 Å². The molecule has 1 fully saturated rings. The Morgan fingerprint density at radius 3 is 2.31 bits per heavy atom. The van der Waals surface area contributed by atoms with Gasteiger partial charge in [-0.1, -0.05) is 17.7 Å². The molecule has 1 aromatic rings. The third-order valence-corrected chi connectivity index (χ3v) is 7.88. The molecule has 2 aliphatic rings. The Kier molecular flexibility index (Phi) is 7.78. The van der Waals surface area contributed by atoms with Crippen molar-refractivity contribution in [3.05, 3.63) is 42.2 Å². The molecule has 192 valence electrons. The number of benzene rings is 1. The van der Waals surface area contributed by atoms with Crippen molar-refractivity contribution in [2.45, 2.75) is 69.5 Å². The SMILES string of the molecule is Cc1ccc(S(=O)(=O)N2C=CNC(=O)[C@H]2CC(=O)N(C)C2CCN(C(=O)OC(C)(C)C)CC2)cc1. The standard InChI is InChI=1S/C24H34N4O6S/c1-17-6-8-19(9-7-17)35(32,33)28-15-12-25-22(30)20(28)16-21(29)26(5)18-10-13-27(14-11-18)23(31)34-24(2,3)4/h6-9,12,15,18,20H,10-11,13-14,16H2,1-5H3,(H,25,30)/t20-/m1/s1. The minimum absolute atomic E-state index is 0.0442. The molecule has 0 aromatic heterocycles. The van der Waals surface area contributed by atoms with E-state index < -0.39 is 27.6 Å². The maximum atomic E-state index is 13.2. The fraction of sp³-hybridized carbons (Fsp3) is 0.542. The summed E-state index contributed by atoms with van der Waals surface area (Å²) in [6, 6.07) is 4.98. The highest BCUT2D eigenvalue weighted by molar-refractivity contribution is 7.89. The maximum Gasteiger partial charge on any atom is 0.410 e. The molecule has 1 aromatic carbocycles. The third-order valence-electron chi connectivity index (χ3n) is 6.08. The Bertz CT molecular complexity index is 1090. The average molecular weight is 507 g/mol. The maximum absolute atomic E-state index is 13.2. The number of likely N-dealkylation sites (tertiary alicyclic amines) is 1. The first kappa shape index (κ1) is 26.5. The molecule has 1 saturated heterocycles. The lowest BCUT2D eigenvalue weighted by molar-refractivity contribution is -0.137. The predicted octanol–water partition coefficient (Wildman–Crippen LogP) is 2.20. The monoisotopic (exact) mass is 506 g/mol. The molecule has 3 amide bonds. The first-order valence-electron chi connectivity index (χ1n) is 11.6. The number of aryl methyl sites for hydroxylation is 1. The molecular formula is C24H34N4O6S. The largest absolute Gasteiger partial charge is 0.444 e. The van der Waals surface area contributed by atoms with Crippen LogP contribution in [-0.2, 0) is 24.3 Å². The summed E-state index contributed by atoms with van der Waals surface area (Å²) >= 11 is 0. The number of sulfonamides is 1. The molecule has 1 atom stereocenters. The zero-order valence-corrected chi connectivity index (χ0v) is 21.7. The van der Waals surface area contributed by atoms with E-state index in [4.69, 9.17) is 4.74 Å². The van der Waals surface area contributed by atoms with Crippen molar-refractivity contribution in [1.29, 1.82) is 0 Å². The van der Waals surface area contributed by atoms with E-state index in [9.17, 15) is 22.8 Å². The fourth-order valence-corrected chi connectivity index (χ4v) is 5.50. The molecule has 0 bridgehead atoms. The Hall–Kier alpha value is -3.08. The Morgan fingerprint density at radius 2 is 1.74 bits per heavy atom. The van der Waals surface area contributed by atoms with Crippen molar-refractivity contribution < 1.29 is 27.5 Å². The average Bonchev–Trinajstić information content (AvgIpc) is 2.79. The molecule has 3 rings (SSSR count). The number of rotatable bonds is 5. The van der Waals surface area contributed by atoms with Gasteiger partial charge in [-0.15, -0.1) is 0 Å². The van der Waals surface area contributed by atoms with Crippen LogP contribution in [0.15, 0.2) is 41.6 Å². The summed E-state index contributed by atoms with van der Waals surface area (Å²) in [5.74, 6) is -0.912. The van der Waals surface area contributed by atoms with Crippen molar-refractivity contribution in [3.8, 4) is 0 Å². The van der Waals surface area contributed by atoms with E-state index in [0.717, 1.165) is 9.87 Å². The molecule has 35 heavy (non-hydrogen) atoms. The van der Waals surface area contributed by atoms with E-state index in [1.54, 1.807) is 29.0 Å². The lowest BCUT2D eigenvalue weighted by Gasteiger charge is -2.38. The van der Waals surface area contributed by atoms with E-state index in [2.05, 4.69) is 5.32 Å². The molecule has 2 heterocycles. The van der Waals surface area contributed by atoms with Gasteiger partial charge in [0.05, 0.1) is 11.3 Å². The Labute approximate surface area is 206 Å². The summed E-state index contributed by atoms with van der Waals surface area (Å²) in [7, 11) is -2.39. The molecule has 11 heteroatoms. The van der Waals surface area contributed by atoms with Crippen LogP contribution in [0.25, 0.3) is 0 Å². The van der Waals surface area contributed by atoms with E-state index in [1.807, 2.05) is 27.7 Å². The van der Waals surface area contributed by atoms with Gasteiger partial charge in [-0.3, -0.25) is 13.9 Å². The quantitative estimate of drug-likeness (QED) is 0.655. The van der Waals surface area contributed by atoms with Gasteiger partial charge in [0.15, 0.2) is 0 Å². The van der Waals surface area contributed by atoms with Crippen LogP contribution >= 0.6 is 0 Å². The second kappa shape index (κ2) is 10.3. The summed E-state index contributed by atoms with van der Waals surface area (Å²) in [6.45, 7) is 8.16. The first-order valence-corrected chi connectivity index (χ1v) is 13.0. The number of hydrogen-bond donors (Lipinski definition) is 1. The van der Waals surface area contributed by atoms with E-state index in [0.29, 0.717) is 25.9 Å². The number of carbonyl (C=O) groups excluding carboxylic acids is 3.